The molecule has 6 aliphatic rings. The predicted octanol–water partition coefficient (Wildman–Crippen LogP) is 17.1. The van der Waals surface area contributed by atoms with E-state index in [1.165, 1.54) is 49.9 Å². The number of nitrogens with zero attached hydrogens (tertiary/aromatic N) is 2. The number of carbonyl (C=O) groups excluding carboxylic acids is 2. The number of hydrogen-bond donors (Lipinski definition) is 0. The predicted molar refractivity (Wildman–Crippen MR) is 383 cm³/mol. The average Bonchev–Trinajstić information content (AvgIpc) is 1.31. The minimum Gasteiger partial charge on any atom is -0.409 e. The SMILES string of the molecule is Cc1cc(C)c(B2c3cc4c(cc3N3C(=O)Oc5cccc6ccc2c3c56)C(C)(C)C(C)(C)C4(C)C)c(CCC2(C)CCC(C)(C)c3cc4c(cc32)N2C(=O)Oc3cccc5ccc(c2c35)B4c2c(-c3ccccc3)cc(-c3ccccc3)cc2-c2ccccc2)c1. The van der Waals surface area contributed by atoms with Crippen molar-refractivity contribution in [2.24, 2.45) is 5.41 Å². The van der Waals surface area contributed by atoms with Gasteiger partial charge in [-0.3, -0.25) is 0 Å². The van der Waals surface area contributed by atoms with Crippen molar-refractivity contribution in [2.75, 3.05) is 9.80 Å². The van der Waals surface area contributed by atoms with Gasteiger partial charge in [-0.2, -0.15) is 0 Å². The first-order valence-corrected chi connectivity index (χ1v) is 33.1. The fraction of sp³-hybridized carbons (Fsp3) is 0.238. The maximum Gasteiger partial charge on any atom is 0.424 e. The Morgan fingerprint density at radius 3 is 1.45 bits per heavy atom. The molecule has 0 aromatic heterocycles. The number of carbonyl (C=O) groups is 2. The van der Waals surface area contributed by atoms with Crippen LogP contribution in [-0.4, -0.2) is 25.6 Å². The van der Waals surface area contributed by atoms with E-state index in [1.54, 1.807) is 0 Å². The minimum absolute atomic E-state index is 0.0962. The molecule has 8 heteroatoms. The van der Waals surface area contributed by atoms with Crippen molar-refractivity contribution < 1.29 is 19.1 Å². The Kier molecular flexibility index (Phi) is 12.0. The molecular weight excluding hydrogens is 1120 g/mol. The van der Waals surface area contributed by atoms with Crippen molar-refractivity contribution in [3.8, 4) is 44.9 Å². The second-order valence-electron chi connectivity index (χ2n) is 30.0. The number of fused-ring (bicyclic) bond motifs is 6. The Hall–Kier alpha value is -9.39. The lowest BCUT2D eigenvalue weighted by Gasteiger charge is -2.47. The van der Waals surface area contributed by atoms with Gasteiger partial charge in [-0.1, -0.05) is 254 Å². The van der Waals surface area contributed by atoms with Crippen molar-refractivity contribution in [3.05, 3.63) is 239 Å². The highest BCUT2D eigenvalue weighted by atomic mass is 16.6. The maximum absolute atomic E-state index is 15.4. The molecule has 0 spiro atoms. The Labute approximate surface area is 541 Å². The lowest BCUT2D eigenvalue weighted by atomic mass is 9.33. The third-order valence-corrected chi connectivity index (χ3v) is 24.0. The molecule has 4 heterocycles. The van der Waals surface area contributed by atoms with Crippen molar-refractivity contribution in [1.29, 1.82) is 0 Å². The van der Waals surface area contributed by atoms with Gasteiger partial charge in [0.1, 0.15) is 11.5 Å². The fourth-order valence-corrected chi connectivity index (χ4v) is 18.0. The number of rotatable bonds is 8. The van der Waals surface area contributed by atoms with Gasteiger partial charge < -0.3 is 9.47 Å². The molecule has 2 amide bonds. The van der Waals surface area contributed by atoms with E-state index in [4.69, 9.17) is 9.47 Å². The van der Waals surface area contributed by atoms with Gasteiger partial charge in [-0.25, -0.2) is 19.4 Å². The summed E-state index contributed by atoms with van der Waals surface area (Å²) in [7, 11) is 0. The van der Waals surface area contributed by atoms with E-state index in [0.29, 0.717) is 11.5 Å². The quantitative estimate of drug-likeness (QED) is 0.142. The van der Waals surface area contributed by atoms with Crippen LogP contribution in [0.2, 0.25) is 0 Å². The van der Waals surface area contributed by atoms with Crippen LogP contribution in [0, 0.1) is 19.3 Å². The fourth-order valence-electron chi connectivity index (χ4n) is 18.0. The van der Waals surface area contributed by atoms with Crippen LogP contribution in [-0.2, 0) is 28.1 Å². The number of ether oxygens (including phenoxy) is 2. The van der Waals surface area contributed by atoms with Gasteiger partial charge in [0.15, 0.2) is 0 Å². The van der Waals surface area contributed by atoms with Crippen LogP contribution in [0.3, 0.4) is 0 Å². The molecule has 450 valence electrons. The zero-order valence-corrected chi connectivity index (χ0v) is 54.6. The van der Waals surface area contributed by atoms with Crippen LogP contribution < -0.4 is 52.1 Å². The third kappa shape index (κ3) is 7.82. The normalized spacial score (nSPS) is 18.7. The lowest BCUT2D eigenvalue weighted by molar-refractivity contribution is 0.125. The molecule has 1 atom stereocenters. The summed E-state index contributed by atoms with van der Waals surface area (Å²) >= 11 is 0. The first-order valence-electron chi connectivity index (χ1n) is 33.1. The molecule has 11 aromatic carbocycles. The highest BCUT2D eigenvalue weighted by Crippen LogP contribution is 2.62. The van der Waals surface area contributed by atoms with Crippen LogP contribution in [0.1, 0.15) is 121 Å². The first kappa shape index (κ1) is 56.6. The van der Waals surface area contributed by atoms with E-state index in [-0.39, 0.29) is 52.7 Å². The van der Waals surface area contributed by atoms with E-state index in [9.17, 15) is 4.79 Å². The molecule has 92 heavy (non-hydrogen) atoms. The first-order chi connectivity index (χ1) is 44.1. The van der Waals surface area contributed by atoms with Crippen molar-refractivity contribution in [2.45, 2.75) is 124 Å². The molecule has 0 bridgehead atoms. The monoisotopic (exact) mass is 1200 g/mol. The summed E-state index contributed by atoms with van der Waals surface area (Å²) in [6.07, 6.45) is 2.88. The summed E-state index contributed by atoms with van der Waals surface area (Å²) in [5, 5.41) is 4.01. The summed E-state index contributed by atoms with van der Waals surface area (Å²) in [4.78, 5) is 34.0. The van der Waals surface area contributed by atoms with Gasteiger partial charge in [0.2, 0.25) is 13.4 Å². The molecule has 0 fully saturated rings. The molecule has 4 aliphatic heterocycles. The topological polar surface area (TPSA) is 59.1 Å². The highest BCUT2D eigenvalue weighted by molar-refractivity contribution is 7.00. The molecular formula is C84H74B2N2O4. The molecule has 0 saturated heterocycles. The minimum atomic E-state index is -0.389. The van der Waals surface area contributed by atoms with Gasteiger partial charge in [0.05, 0.1) is 11.4 Å². The molecule has 0 saturated carbocycles. The van der Waals surface area contributed by atoms with E-state index in [1.807, 2.05) is 34.1 Å². The van der Waals surface area contributed by atoms with Crippen molar-refractivity contribution >= 4 is 103 Å². The van der Waals surface area contributed by atoms with Crippen molar-refractivity contribution in [3.63, 3.8) is 0 Å². The van der Waals surface area contributed by atoms with E-state index < -0.39 is 0 Å². The Bertz CT molecular complexity index is 4990. The summed E-state index contributed by atoms with van der Waals surface area (Å²) in [6.45, 7) is 25.9. The van der Waals surface area contributed by atoms with Gasteiger partial charge in [-0.15, -0.1) is 0 Å². The van der Waals surface area contributed by atoms with Gasteiger partial charge >= 0.3 is 12.2 Å². The maximum atomic E-state index is 15.4. The van der Waals surface area contributed by atoms with Gasteiger partial charge in [0.25, 0.3) is 0 Å². The summed E-state index contributed by atoms with van der Waals surface area (Å²) in [6, 6.07) is 73.3. The van der Waals surface area contributed by atoms with Crippen LogP contribution >= 0.6 is 0 Å². The number of benzene rings is 11. The zero-order chi connectivity index (χ0) is 63.3. The molecule has 0 radical (unpaired) electrons. The largest absolute Gasteiger partial charge is 0.424 e. The second-order valence-corrected chi connectivity index (χ2v) is 30.0. The van der Waals surface area contributed by atoms with Crippen molar-refractivity contribution in [1.82, 2.24) is 0 Å². The number of anilines is 4. The van der Waals surface area contributed by atoms with Crippen LogP contribution in [0.15, 0.2) is 200 Å². The summed E-state index contributed by atoms with van der Waals surface area (Å²) in [5.41, 5.74) is 25.5. The average molecular weight is 1200 g/mol. The number of aryl methyl sites for hydroxylation is 3. The van der Waals surface area contributed by atoms with Crippen LogP contribution in [0.4, 0.5) is 32.3 Å². The molecule has 11 aromatic rings. The molecule has 17 rings (SSSR count). The lowest BCUT2D eigenvalue weighted by Crippen LogP contribution is -2.61. The molecule has 0 N–H and O–H groups in total. The van der Waals surface area contributed by atoms with Crippen LogP contribution in [0.25, 0.3) is 54.9 Å². The molecule has 2 aliphatic carbocycles. The Morgan fingerprint density at radius 1 is 0.435 bits per heavy atom. The Balaban J connectivity index is 0.871. The summed E-state index contributed by atoms with van der Waals surface area (Å²) < 4.78 is 12.8. The van der Waals surface area contributed by atoms with Crippen LogP contribution in [0.5, 0.6) is 11.5 Å². The van der Waals surface area contributed by atoms with Gasteiger partial charge in [-0.05, 0) is 191 Å². The second kappa shape index (κ2) is 19.6. The highest BCUT2D eigenvalue weighted by Gasteiger charge is 2.58. The standard InChI is InChI=1S/C84H74B2N2O4/c1-49-41-50(2)74(85-64-35-33-54-29-21-31-70-72(54)76(64)87(78(89)91-70)68-47-62-61(46-67(68)85)81(5,6)83(9,10)82(62,7)8)56(42-49)37-38-84(11)40-39-80(3,4)60-45-66-69(48-63(60)84)88-77-65(36-34-55-30-22-32-71(73(55)77)92-79(88)90)86(66)75-58(52-25-17-13-18-26-52)43-57(51-23-15-12-16-24-51)44-59(75)53-27-19-14-20-28-53/h12-36,41-48H,37-40H2,1-11H3. The molecule has 6 nitrogen and oxygen atoms in total. The Morgan fingerprint density at radius 2 is 0.913 bits per heavy atom. The smallest absolute Gasteiger partial charge is 0.409 e. The number of amides is 2. The summed E-state index contributed by atoms with van der Waals surface area (Å²) in [5.74, 6) is 1.20. The molecule has 1 unspecified atom stereocenters. The number of hydrogen-bond acceptors (Lipinski definition) is 4. The van der Waals surface area contributed by atoms with Gasteiger partial charge in [0, 0.05) is 22.1 Å². The third-order valence-electron chi connectivity index (χ3n) is 24.0. The van der Waals surface area contributed by atoms with E-state index in [0.717, 1.165) is 125 Å². The zero-order valence-electron chi connectivity index (χ0n) is 54.6. The van der Waals surface area contributed by atoms with E-state index >= 15 is 4.79 Å². The van der Waals surface area contributed by atoms with E-state index in [2.05, 4.69) is 252 Å².